The Morgan fingerprint density at radius 2 is 1.70 bits per heavy atom. The average molecular weight is 777 g/mol. The number of carbonyl (C=O) groups excluding carboxylic acids is 1. The number of unbranched alkanes of at least 4 members (excludes halogenated alkanes) is 2. The van der Waals surface area contributed by atoms with E-state index < -0.39 is 5.79 Å². The third kappa shape index (κ3) is 8.39. The molecule has 9 nitrogen and oxygen atoms in total. The summed E-state index contributed by atoms with van der Waals surface area (Å²) in [6, 6.07) is 28.4. The SMILES string of the molecule is C=CCOC12Oc3ccc(Oc4ccc5ccccc5c4)cc3C3C(CCCCO)C(CCCCO)C=C(C(=NOC)CC1Sc1ccc(NC(C)=O)cc1)C32. The number of hydrogen-bond acceptors (Lipinski definition) is 9. The Balaban J connectivity index is 1.37. The Kier molecular flexibility index (Phi) is 12.8. The number of nitrogens with zero attached hydrogens (tertiary/aromatic N) is 1. The number of allylic oxidation sites excluding steroid dienone is 1. The van der Waals surface area contributed by atoms with Crippen LogP contribution in [0.1, 0.15) is 63.4 Å². The molecule has 1 saturated carbocycles. The van der Waals surface area contributed by atoms with Crippen LogP contribution in [0.25, 0.3) is 10.8 Å². The molecule has 0 bridgehead atoms. The van der Waals surface area contributed by atoms with E-state index in [0.717, 1.165) is 87.6 Å². The van der Waals surface area contributed by atoms with Crippen LogP contribution in [0.5, 0.6) is 17.2 Å². The quantitative estimate of drug-likeness (QED) is 0.0551. The molecule has 6 atom stereocenters. The monoisotopic (exact) mass is 776 g/mol. The van der Waals surface area contributed by atoms with Crippen molar-refractivity contribution in [2.75, 3.05) is 32.2 Å². The second-order valence-electron chi connectivity index (χ2n) is 14.9. The number of aliphatic hydroxyl groups is 2. The lowest BCUT2D eigenvalue weighted by Gasteiger charge is -2.58. The van der Waals surface area contributed by atoms with E-state index >= 15 is 0 Å². The van der Waals surface area contributed by atoms with Gasteiger partial charge < -0.3 is 34.6 Å². The molecule has 1 fully saturated rings. The molecule has 0 saturated heterocycles. The number of oxime groups is 1. The highest BCUT2D eigenvalue weighted by Gasteiger charge is 2.64. The van der Waals surface area contributed by atoms with Gasteiger partial charge in [0.1, 0.15) is 24.4 Å². The average Bonchev–Trinajstić information content (AvgIpc) is 3.20. The van der Waals surface area contributed by atoms with Crippen LogP contribution in [0.4, 0.5) is 5.69 Å². The molecule has 0 spiro atoms. The number of thioether (sulfide) groups is 1. The van der Waals surface area contributed by atoms with Crippen molar-refractivity contribution in [3.05, 3.63) is 115 Å². The number of fused-ring (bicyclic) bond motifs is 3. The van der Waals surface area contributed by atoms with Crippen LogP contribution in [-0.4, -0.2) is 59.8 Å². The van der Waals surface area contributed by atoms with E-state index in [1.54, 1.807) is 24.9 Å². The fraction of sp³-hybridized carbons (Fsp3) is 0.391. The third-order valence-corrected chi connectivity index (χ3v) is 12.6. The van der Waals surface area contributed by atoms with Gasteiger partial charge in [0.2, 0.25) is 11.7 Å². The minimum Gasteiger partial charge on any atom is -0.460 e. The van der Waals surface area contributed by atoms with Crippen LogP contribution in [0, 0.1) is 17.8 Å². The Morgan fingerprint density at radius 1 is 0.964 bits per heavy atom. The van der Waals surface area contributed by atoms with Crippen LogP contribution >= 0.6 is 11.8 Å². The summed E-state index contributed by atoms with van der Waals surface area (Å²) in [5, 5.41) is 29.2. The van der Waals surface area contributed by atoms with E-state index in [0.29, 0.717) is 12.8 Å². The van der Waals surface area contributed by atoms with Crippen molar-refractivity contribution >= 4 is 39.8 Å². The summed E-state index contributed by atoms with van der Waals surface area (Å²) in [4.78, 5) is 18.3. The summed E-state index contributed by atoms with van der Waals surface area (Å²) in [6.45, 7) is 6.09. The van der Waals surface area contributed by atoms with Gasteiger partial charge >= 0.3 is 0 Å². The lowest BCUT2D eigenvalue weighted by Crippen LogP contribution is -2.64. The van der Waals surface area contributed by atoms with Gasteiger partial charge in [-0.1, -0.05) is 60.5 Å². The first-order valence-electron chi connectivity index (χ1n) is 19.7. The molecule has 56 heavy (non-hydrogen) atoms. The second kappa shape index (κ2) is 18.1. The van der Waals surface area contributed by atoms with Gasteiger partial charge in [0.05, 0.1) is 23.5 Å². The van der Waals surface area contributed by atoms with Crippen LogP contribution in [0.15, 0.2) is 119 Å². The number of ether oxygens (including phenoxy) is 3. The molecular weight excluding hydrogens is 725 g/mol. The fourth-order valence-electron chi connectivity index (χ4n) is 8.95. The van der Waals surface area contributed by atoms with Crippen LogP contribution in [0.2, 0.25) is 0 Å². The maximum Gasteiger partial charge on any atom is 0.231 e. The van der Waals surface area contributed by atoms with Crippen molar-refractivity contribution in [2.45, 2.75) is 73.7 Å². The highest BCUT2D eigenvalue weighted by atomic mass is 32.2. The summed E-state index contributed by atoms with van der Waals surface area (Å²) >= 11 is 1.67. The number of carbonyl (C=O) groups is 1. The highest BCUT2D eigenvalue weighted by molar-refractivity contribution is 8.00. The lowest BCUT2D eigenvalue weighted by atomic mass is 9.56. The van der Waals surface area contributed by atoms with E-state index in [4.69, 9.17) is 19.0 Å². The maximum atomic E-state index is 11.8. The second-order valence-corrected chi connectivity index (χ2v) is 16.1. The molecule has 3 aliphatic rings. The van der Waals surface area contributed by atoms with E-state index in [9.17, 15) is 15.0 Å². The molecule has 7 rings (SSSR count). The summed E-state index contributed by atoms with van der Waals surface area (Å²) in [7, 11) is 1.59. The molecule has 10 heteroatoms. The number of amides is 1. The number of rotatable bonds is 17. The molecule has 6 unspecified atom stereocenters. The normalized spacial score (nSPS) is 24.4. The topological polar surface area (TPSA) is 119 Å². The first kappa shape index (κ1) is 39.6. The predicted octanol–water partition coefficient (Wildman–Crippen LogP) is 9.65. The molecule has 1 heterocycles. The minimum atomic E-state index is -1.11. The molecule has 0 aromatic heterocycles. The van der Waals surface area contributed by atoms with Crippen molar-refractivity contribution in [1.29, 1.82) is 0 Å². The van der Waals surface area contributed by atoms with Gasteiger partial charge in [0.25, 0.3) is 0 Å². The summed E-state index contributed by atoms with van der Waals surface area (Å²) in [5.41, 5.74) is 3.71. The summed E-state index contributed by atoms with van der Waals surface area (Å²) in [6.07, 6.45) is 9.67. The van der Waals surface area contributed by atoms with Gasteiger partial charge in [0.15, 0.2) is 0 Å². The smallest absolute Gasteiger partial charge is 0.231 e. The molecule has 0 radical (unpaired) electrons. The number of anilines is 1. The zero-order valence-electron chi connectivity index (χ0n) is 32.2. The number of aliphatic hydroxyl groups excluding tert-OH is 2. The van der Waals surface area contributed by atoms with E-state index in [2.05, 4.69) is 53.5 Å². The Labute approximate surface area is 333 Å². The van der Waals surface area contributed by atoms with Crippen molar-refractivity contribution in [3.63, 3.8) is 0 Å². The van der Waals surface area contributed by atoms with Gasteiger partial charge in [-0.2, -0.15) is 0 Å². The van der Waals surface area contributed by atoms with Gasteiger partial charge in [-0.15, -0.1) is 18.3 Å². The number of nitrogens with one attached hydrogen (secondary N) is 1. The molecule has 1 aliphatic heterocycles. The summed E-state index contributed by atoms with van der Waals surface area (Å²) < 4.78 is 20.9. The van der Waals surface area contributed by atoms with Crippen LogP contribution in [0.3, 0.4) is 0 Å². The third-order valence-electron chi connectivity index (χ3n) is 11.2. The van der Waals surface area contributed by atoms with Crippen molar-refractivity contribution in [2.24, 2.45) is 22.9 Å². The fourth-order valence-corrected chi connectivity index (χ4v) is 10.2. The first-order valence-corrected chi connectivity index (χ1v) is 20.6. The van der Waals surface area contributed by atoms with Gasteiger partial charge in [0, 0.05) is 48.6 Å². The standard InChI is InChI=1S/C46H52N2O7S/c1-4-25-53-46-43(56-37-20-16-34(17-21-37)47-30(2)51)29-41(48-52-3)39-27-33(13-7-9-23-49)38(14-8-10-24-50)44(45(39)46)40-28-36(19-22-42(40)55-46)54-35-18-15-31-11-5-6-12-32(31)26-35/h4-6,11-12,15-22,26-28,33,38,43-45,49-50H,1,7-10,13-14,23-25,29H2,2-3H3,(H,47,51). The van der Waals surface area contributed by atoms with E-state index in [-0.39, 0.29) is 54.6 Å². The van der Waals surface area contributed by atoms with Crippen LogP contribution in [-0.2, 0) is 14.4 Å². The number of hydrogen-bond donors (Lipinski definition) is 3. The van der Waals surface area contributed by atoms with Gasteiger partial charge in [-0.3, -0.25) is 4.79 Å². The Morgan fingerprint density at radius 3 is 2.43 bits per heavy atom. The molecule has 4 aromatic rings. The maximum absolute atomic E-state index is 11.8. The highest BCUT2D eigenvalue weighted by Crippen LogP contribution is 2.63. The first-order chi connectivity index (χ1) is 27.4. The molecule has 2 aliphatic carbocycles. The van der Waals surface area contributed by atoms with Gasteiger partial charge in [-0.05, 0) is 108 Å². The molecule has 1 amide bonds. The van der Waals surface area contributed by atoms with E-state index in [1.165, 1.54) is 6.92 Å². The zero-order chi connectivity index (χ0) is 39.1. The molecule has 4 aromatic carbocycles. The minimum absolute atomic E-state index is 0.0610. The Hall–Kier alpha value is -4.61. The van der Waals surface area contributed by atoms with Crippen molar-refractivity contribution in [3.8, 4) is 17.2 Å². The molecule has 3 N–H and O–H groups in total. The van der Waals surface area contributed by atoms with E-state index in [1.807, 2.05) is 54.6 Å². The van der Waals surface area contributed by atoms with Crippen molar-refractivity contribution < 1.29 is 34.1 Å². The summed E-state index contributed by atoms with van der Waals surface area (Å²) in [5.74, 6) is 1.01. The largest absolute Gasteiger partial charge is 0.460 e. The van der Waals surface area contributed by atoms with Gasteiger partial charge in [-0.25, -0.2) is 0 Å². The molecular formula is C46H52N2O7S. The predicted molar refractivity (Wildman–Crippen MR) is 223 cm³/mol. The molecule has 294 valence electrons. The number of benzene rings is 4. The van der Waals surface area contributed by atoms with Crippen LogP contribution < -0.4 is 14.8 Å². The lowest BCUT2D eigenvalue weighted by molar-refractivity contribution is -0.223. The van der Waals surface area contributed by atoms with Crippen molar-refractivity contribution in [1.82, 2.24) is 0 Å². The zero-order valence-corrected chi connectivity index (χ0v) is 33.0. The Bertz CT molecular complexity index is 2070.